The van der Waals surface area contributed by atoms with Gasteiger partial charge in [-0.25, -0.2) is 4.79 Å². The summed E-state index contributed by atoms with van der Waals surface area (Å²) in [5.41, 5.74) is 3.61. The molecule has 0 aliphatic carbocycles. The van der Waals surface area contributed by atoms with Crippen molar-refractivity contribution in [1.29, 1.82) is 5.26 Å². The Balaban J connectivity index is 3.35. The zero-order chi connectivity index (χ0) is 19.7. The summed E-state index contributed by atoms with van der Waals surface area (Å²) in [6.07, 6.45) is 4.23. The third kappa shape index (κ3) is 5.14. The lowest BCUT2D eigenvalue weighted by Crippen LogP contribution is -2.14. The second-order valence-electron chi connectivity index (χ2n) is 5.51. The molecule has 2 N–H and O–H groups in total. The average Bonchev–Trinajstić information content (AvgIpc) is 2.66. The van der Waals surface area contributed by atoms with Gasteiger partial charge in [0, 0.05) is 5.57 Å². The van der Waals surface area contributed by atoms with Crippen LogP contribution in [0.4, 0.5) is 0 Å². The number of aliphatic hydroxyl groups is 1. The molecular weight excluding hydrogens is 330 g/mol. The highest BCUT2D eigenvalue weighted by Crippen LogP contribution is 2.27. The number of hydrogen-bond donors (Lipinski definition) is 2. The summed E-state index contributed by atoms with van der Waals surface area (Å²) in [5.74, 6) is -1.16. The molecule has 0 aliphatic rings. The molecule has 0 radical (unpaired) electrons. The maximum atomic E-state index is 11.3. The number of nitrogens with zero attached hydrogens (tertiary/aromatic N) is 1. The van der Waals surface area contributed by atoms with Gasteiger partial charge in [0.15, 0.2) is 0 Å². The Labute approximate surface area is 153 Å². The number of aliphatic hydroxyl groups excluding tert-OH is 1. The lowest BCUT2D eigenvalue weighted by atomic mass is 10.0. The largest absolute Gasteiger partial charge is 0.507 e. The van der Waals surface area contributed by atoms with Gasteiger partial charge in [0.2, 0.25) is 0 Å². The number of carboxylic acids is 1. The van der Waals surface area contributed by atoms with Gasteiger partial charge in [0.05, 0.1) is 11.7 Å². The first-order valence-corrected chi connectivity index (χ1v) is 8.33. The molecule has 5 heteroatoms. The fourth-order valence-electron chi connectivity index (χ4n) is 2.30. The summed E-state index contributed by atoms with van der Waals surface area (Å²) >= 11 is 0. The molecule has 0 atom stereocenters. The van der Waals surface area contributed by atoms with E-state index in [4.69, 9.17) is 4.74 Å². The highest BCUT2D eigenvalue weighted by Gasteiger charge is 2.15. The van der Waals surface area contributed by atoms with Crippen molar-refractivity contribution in [2.45, 2.75) is 39.7 Å². The molecule has 0 bridgehead atoms. The summed E-state index contributed by atoms with van der Waals surface area (Å²) in [4.78, 5) is 11.3. The Morgan fingerprint density at radius 3 is 2.46 bits per heavy atom. The number of nitriles is 1. The molecule has 1 aromatic rings. The molecule has 26 heavy (non-hydrogen) atoms. The second-order valence-corrected chi connectivity index (χ2v) is 5.51. The van der Waals surface area contributed by atoms with E-state index in [1.165, 1.54) is 19.1 Å². The van der Waals surface area contributed by atoms with Gasteiger partial charge in [-0.3, -0.25) is 0 Å². The SMILES string of the molecule is C=C=C(/C=C(C(=O)O)\C(O)=C/C)c1ccc(OC(CC)CC)c(C#N)c1. The van der Waals surface area contributed by atoms with Crippen molar-refractivity contribution in [3.05, 3.63) is 65.1 Å². The van der Waals surface area contributed by atoms with E-state index in [0.717, 1.165) is 12.8 Å². The van der Waals surface area contributed by atoms with E-state index >= 15 is 0 Å². The van der Waals surface area contributed by atoms with Gasteiger partial charge in [-0.2, -0.15) is 5.26 Å². The molecule has 0 unspecified atom stereocenters. The standard InChI is InChI=1S/C21H23NO4/c1-5-14(12-18(21(24)25)19(23)8-4)15-9-10-20(16(11-15)13-22)26-17(6-2)7-3/h8-12,17,23H,1,6-7H2,2-4H3,(H,24,25)/b18-12+,19-8+. The molecule has 0 spiro atoms. The maximum absolute atomic E-state index is 11.3. The molecule has 136 valence electrons. The van der Waals surface area contributed by atoms with E-state index in [1.54, 1.807) is 18.2 Å². The van der Waals surface area contributed by atoms with E-state index in [1.807, 2.05) is 13.8 Å². The summed E-state index contributed by atoms with van der Waals surface area (Å²) in [7, 11) is 0. The molecule has 5 nitrogen and oxygen atoms in total. The highest BCUT2D eigenvalue weighted by atomic mass is 16.5. The zero-order valence-corrected chi connectivity index (χ0v) is 15.2. The number of ether oxygens (including phenoxy) is 1. The van der Waals surface area contributed by atoms with Gasteiger partial charge in [-0.15, -0.1) is 5.73 Å². The van der Waals surface area contributed by atoms with Crippen LogP contribution in [0.25, 0.3) is 5.57 Å². The van der Waals surface area contributed by atoms with Gasteiger partial charge in [-0.1, -0.05) is 20.4 Å². The van der Waals surface area contributed by atoms with Crippen molar-refractivity contribution >= 4 is 11.5 Å². The Morgan fingerprint density at radius 2 is 2.00 bits per heavy atom. The van der Waals surface area contributed by atoms with Crippen molar-refractivity contribution < 1.29 is 19.7 Å². The van der Waals surface area contributed by atoms with Crippen LogP contribution in [0.3, 0.4) is 0 Å². The Bertz CT molecular complexity index is 817. The second kappa shape index (κ2) is 9.93. The third-order valence-electron chi connectivity index (χ3n) is 3.87. The molecule has 1 rings (SSSR count). The van der Waals surface area contributed by atoms with Crippen LogP contribution in [0.2, 0.25) is 0 Å². The van der Waals surface area contributed by atoms with E-state index < -0.39 is 5.97 Å². The summed E-state index contributed by atoms with van der Waals surface area (Å²) in [5, 5.41) is 28.4. The monoisotopic (exact) mass is 353 g/mol. The fourth-order valence-corrected chi connectivity index (χ4v) is 2.30. The maximum Gasteiger partial charge on any atom is 0.339 e. The third-order valence-corrected chi connectivity index (χ3v) is 3.87. The molecule has 0 heterocycles. The van der Waals surface area contributed by atoms with Crippen molar-refractivity contribution in [2.75, 3.05) is 0 Å². The van der Waals surface area contributed by atoms with Crippen molar-refractivity contribution in [2.24, 2.45) is 0 Å². The van der Waals surface area contributed by atoms with Gasteiger partial charge in [0.25, 0.3) is 0 Å². The van der Waals surface area contributed by atoms with Crippen LogP contribution in [0, 0.1) is 11.3 Å². The topological polar surface area (TPSA) is 90.6 Å². The number of rotatable bonds is 8. The highest BCUT2D eigenvalue weighted by molar-refractivity contribution is 5.95. The summed E-state index contributed by atoms with van der Waals surface area (Å²) in [6, 6.07) is 7.06. The Morgan fingerprint density at radius 1 is 1.35 bits per heavy atom. The van der Waals surface area contributed by atoms with E-state index in [2.05, 4.69) is 18.4 Å². The van der Waals surface area contributed by atoms with Crippen molar-refractivity contribution in [1.82, 2.24) is 0 Å². The average molecular weight is 353 g/mol. The van der Waals surface area contributed by atoms with Crippen molar-refractivity contribution in [3.8, 4) is 11.8 Å². The van der Waals surface area contributed by atoms with Crippen LogP contribution in [0.1, 0.15) is 44.7 Å². The first-order chi connectivity index (χ1) is 12.4. The van der Waals surface area contributed by atoms with Gasteiger partial charge in [-0.05, 0) is 55.7 Å². The number of carbonyl (C=O) groups is 1. The molecule has 0 saturated carbocycles. The molecule has 0 aromatic heterocycles. The fraction of sp³-hybridized carbons (Fsp3) is 0.286. The van der Waals surface area contributed by atoms with E-state index in [-0.39, 0.29) is 17.4 Å². The van der Waals surface area contributed by atoms with Gasteiger partial charge < -0.3 is 14.9 Å². The zero-order valence-electron chi connectivity index (χ0n) is 15.2. The van der Waals surface area contributed by atoms with Gasteiger partial charge >= 0.3 is 5.97 Å². The minimum absolute atomic E-state index is 0.0208. The Hall–Kier alpha value is -3.22. The molecule has 0 aliphatic heterocycles. The van der Waals surface area contributed by atoms with Crippen LogP contribution < -0.4 is 4.74 Å². The number of aliphatic carboxylic acids is 1. The predicted molar refractivity (Wildman–Crippen MR) is 101 cm³/mol. The molecule has 0 saturated heterocycles. The lowest BCUT2D eigenvalue weighted by Gasteiger charge is -2.17. The summed E-state index contributed by atoms with van der Waals surface area (Å²) < 4.78 is 5.85. The molecule has 0 amide bonds. The van der Waals surface area contributed by atoms with Crippen LogP contribution in [0.15, 0.2) is 54.0 Å². The number of carboxylic acid groups (broad SMARTS) is 1. The predicted octanol–water partition coefficient (Wildman–Crippen LogP) is 4.77. The quantitative estimate of drug-likeness (QED) is 0.304. The molecular formula is C21H23NO4. The molecule has 0 fully saturated rings. The lowest BCUT2D eigenvalue weighted by molar-refractivity contribution is -0.132. The number of hydrogen-bond acceptors (Lipinski definition) is 4. The van der Waals surface area contributed by atoms with Crippen LogP contribution in [-0.4, -0.2) is 22.3 Å². The Kier molecular flexibility index (Phi) is 7.95. The molecule has 1 aromatic carbocycles. The first-order valence-electron chi connectivity index (χ1n) is 8.33. The summed E-state index contributed by atoms with van der Waals surface area (Å²) in [6.45, 7) is 9.13. The minimum atomic E-state index is -1.28. The van der Waals surface area contributed by atoms with E-state index in [0.29, 0.717) is 22.4 Å². The van der Waals surface area contributed by atoms with E-state index in [9.17, 15) is 20.3 Å². The van der Waals surface area contributed by atoms with Gasteiger partial charge in [0.1, 0.15) is 23.2 Å². The number of allylic oxidation sites excluding steroid dienone is 3. The van der Waals surface area contributed by atoms with Crippen LogP contribution in [0.5, 0.6) is 5.75 Å². The smallest absolute Gasteiger partial charge is 0.339 e. The first kappa shape index (κ1) is 20.8. The normalized spacial score (nSPS) is 11.7. The minimum Gasteiger partial charge on any atom is -0.507 e. The van der Waals surface area contributed by atoms with Crippen LogP contribution in [-0.2, 0) is 4.79 Å². The van der Waals surface area contributed by atoms with Crippen LogP contribution >= 0.6 is 0 Å². The van der Waals surface area contributed by atoms with Crippen molar-refractivity contribution in [3.63, 3.8) is 0 Å². The number of benzene rings is 1.